The van der Waals surface area contributed by atoms with Crippen molar-refractivity contribution in [1.29, 1.82) is 5.26 Å². The number of nitrogens with zero attached hydrogens (tertiary/aromatic N) is 4. The summed E-state index contributed by atoms with van der Waals surface area (Å²) in [4.78, 5) is 44.3. The molecule has 2 atom stereocenters. The highest BCUT2D eigenvalue weighted by Gasteiger charge is 2.42. The normalized spacial score (nSPS) is 19.9. The molecule has 1 saturated heterocycles. The fraction of sp³-hybridized carbons (Fsp3) is 0.357. The predicted octanol–water partition coefficient (Wildman–Crippen LogP) is 4.49. The highest BCUT2D eigenvalue weighted by Crippen LogP contribution is 2.41. The van der Waals surface area contributed by atoms with Gasteiger partial charge in [-0.15, -0.1) is 0 Å². The van der Waals surface area contributed by atoms with E-state index in [1.165, 1.54) is 50.1 Å². The number of anilines is 1. The van der Waals surface area contributed by atoms with Gasteiger partial charge in [0.25, 0.3) is 5.91 Å². The number of likely N-dealkylation sites (tertiary alicyclic amines) is 1. The number of urea groups is 1. The molecule has 0 radical (unpaired) electrons. The molecule has 1 fully saturated rings. The van der Waals surface area contributed by atoms with E-state index in [-0.39, 0.29) is 40.0 Å². The van der Waals surface area contributed by atoms with Crippen LogP contribution >= 0.6 is 0 Å². The van der Waals surface area contributed by atoms with Crippen LogP contribution < -0.4 is 10.2 Å². The lowest BCUT2D eigenvalue weighted by molar-refractivity contribution is -0.137. The first-order valence-corrected chi connectivity index (χ1v) is 12.4. The van der Waals surface area contributed by atoms with E-state index in [1.54, 1.807) is 11.0 Å². The van der Waals surface area contributed by atoms with E-state index in [1.807, 2.05) is 13.1 Å². The van der Waals surface area contributed by atoms with Crippen LogP contribution in [0.25, 0.3) is 0 Å². The van der Waals surface area contributed by atoms with Crippen molar-refractivity contribution < 1.29 is 27.6 Å². The second-order valence-corrected chi connectivity index (χ2v) is 9.67. The average Bonchev–Trinajstić information content (AvgIpc) is 3.39. The summed E-state index contributed by atoms with van der Waals surface area (Å²) in [6.07, 6.45) is -3.87. The van der Waals surface area contributed by atoms with E-state index in [0.29, 0.717) is 18.7 Å². The number of halogens is 3. The summed E-state index contributed by atoms with van der Waals surface area (Å²) in [7, 11) is 3.24. The van der Waals surface area contributed by atoms with Crippen molar-refractivity contribution in [3.8, 4) is 6.07 Å². The van der Waals surface area contributed by atoms with Gasteiger partial charge in [0.15, 0.2) is 5.78 Å². The van der Waals surface area contributed by atoms with Gasteiger partial charge >= 0.3 is 12.2 Å². The summed E-state index contributed by atoms with van der Waals surface area (Å²) in [6.45, 7) is 3.77. The first-order chi connectivity index (χ1) is 18.4. The van der Waals surface area contributed by atoms with Crippen molar-refractivity contribution in [2.75, 3.05) is 32.1 Å². The quantitative estimate of drug-likeness (QED) is 0.604. The SMILES string of the molecule is CN[C@H]1CCN(C(=O)c2cc(C#N)ccc2C2C(C(C)=O)=C(C)N(c3cccc(C(F)(F)F)c3)C(=O)N2C)C1. The van der Waals surface area contributed by atoms with Gasteiger partial charge in [-0.25, -0.2) is 4.79 Å². The molecule has 8 nitrogen and oxygen atoms in total. The number of nitrogens with one attached hydrogen (secondary N) is 1. The fourth-order valence-electron chi connectivity index (χ4n) is 5.26. The molecule has 39 heavy (non-hydrogen) atoms. The summed E-state index contributed by atoms with van der Waals surface area (Å²) in [5.41, 5.74) is 0.136. The molecule has 2 aliphatic heterocycles. The Labute approximate surface area is 224 Å². The zero-order valence-electron chi connectivity index (χ0n) is 22.0. The minimum atomic E-state index is -4.62. The maximum atomic E-state index is 13.7. The van der Waals surface area contributed by atoms with Gasteiger partial charge in [0.05, 0.1) is 28.9 Å². The number of benzene rings is 2. The first kappa shape index (κ1) is 27.9. The highest BCUT2D eigenvalue weighted by molar-refractivity contribution is 6.06. The van der Waals surface area contributed by atoms with Crippen LogP contribution in [0.15, 0.2) is 53.7 Å². The molecule has 2 aromatic carbocycles. The lowest BCUT2D eigenvalue weighted by atomic mass is 9.87. The van der Waals surface area contributed by atoms with Crippen LogP contribution in [0.2, 0.25) is 0 Å². The van der Waals surface area contributed by atoms with Crippen molar-refractivity contribution in [3.63, 3.8) is 0 Å². The zero-order chi connectivity index (χ0) is 28.6. The minimum absolute atomic E-state index is 0.0392. The molecule has 0 spiro atoms. The van der Waals surface area contributed by atoms with Crippen LogP contribution in [0.5, 0.6) is 0 Å². The average molecular weight is 540 g/mol. The van der Waals surface area contributed by atoms with Gasteiger partial charge < -0.3 is 15.1 Å². The predicted molar refractivity (Wildman–Crippen MR) is 138 cm³/mol. The maximum Gasteiger partial charge on any atom is 0.416 e. The largest absolute Gasteiger partial charge is 0.416 e. The number of likely N-dealkylation sites (N-methyl/N-ethyl adjacent to an activating group) is 2. The third-order valence-electron chi connectivity index (χ3n) is 7.28. The summed E-state index contributed by atoms with van der Waals surface area (Å²) in [6, 6.07) is 9.33. The summed E-state index contributed by atoms with van der Waals surface area (Å²) in [5.74, 6) is -0.741. The van der Waals surface area contributed by atoms with E-state index < -0.39 is 29.6 Å². The van der Waals surface area contributed by atoms with Gasteiger partial charge in [-0.1, -0.05) is 12.1 Å². The second kappa shape index (κ2) is 10.5. The molecule has 0 saturated carbocycles. The molecule has 2 aromatic rings. The second-order valence-electron chi connectivity index (χ2n) is 9.67. The monoisotopic (exact) mass is 539 g/mol. The maximum absolute atomic E-state index is 13.7. The molecule has 204 valence electrons. The van der Waals surface area contributed by atoms with Crippen molar-refractivity contribution in [2.24, 2.45) is 0 Å². The number of rotatable bonds is 5. The van der Waals surface area contributed by atoms with Crippen LogP contribution in [0.1, 0.15) is 53.4 Å². The number of allylic oxidation sites excluding steroid dienone is 1. The Morgan fingerprint density at radius 3 is 2.46 bits per heavy atom. The Balaban J connectivity index is 1.87. The highest BCUT2D eigenvalue weighted by atomic mass is 19.4. The lowest BCUT2D eigenvalue weighted by Gasteiger charge is -2.42. The Morgan fingerprint density at radius 1 is 1.15 bits per heavy atom. The van der Waals surface area contributed by atoms with Crippen molar-refractivity contribution in [2.45, 2.75) is 38.5 Å². The lowest BCUT2D eigenvalue weighted by Crippen LogP contribution is -2.49. The summed E-state index contributed by atoms with van der Waals surface area (Å²) in [5, 5.41) is 12.7. The van der Waals surface area contributed by atoms with Gasteiger partial charge in [0.2, 0.25) is 0 Å². The van der Waals surface area contributed by atoms with Gasteiger partial charge in [-0.3, -0.25) is 14.5 Å². The first-order valence-electron chi connectivity index (χ1n) is 12.4. The smallest absolute Gasteiger partial charge is 0.337 e. The molecule has 11 heteroatoms. The number of carbonyl (C=O) groups is 3. The molecule has 1 N–H and O–H groups in total. The van der Waals surface area contributed by atoms with Crippen LogP contribution in [-0.2, 0) is 11.0 Å². The number of amides is 3. The van der Waals surface area contributed by atoms with E-state index in [0.717, 1.165) is 23.5 Å². The molecular weight excluding hydrogens is 511 g/mol. The summed E-state index contributed by atoms with van der Waals surface area (Å²) < 4.78 is 40.2. The topological polar surface area (TPSA) is 96.7 Å². The van der Waals surface area contributed by atoms with Crippen molar-refractivity contribution >= 4 is 23.4 Å². The van der Waals surface area contributed by atoms with E-state index in [2.05, 4.69) is 5.32 Å². The Bertz CT molecular complexity index is 1410. The number of hydrogen-bond acceptors (Lipinski definition) is 5. The number of carbonyl (C=O) groups excluding carboxylic acids is 3. The molecule has 1 unspecified atom stereocenters. The van der Waals surface area contributed by atoms with Gasteiger partial charge in [0, 0.05) is 43.0 Å². The van der Waals surface area contributed by atoms with Crippen LogP contribution in [0.4, 0.5) is 23.7 Å². The van der Waals surface area contributed by atoms with Gasteiger partial charge in [-0.05, 0) is 63.2 Å². The number of Topliss-reactive ketones (excluding diaryl/α,β-unsaturated/α-hetero) is 1. The van der Waals surface area contributed by atoms with Gasteiger partial charge in [0.1, 0.15) is 0 Å². The number of nitriles is 1. The molecule has 0 bridgehead atoms. The molecule has 2 aliphatic rings. The summed E-state index contributed by atoms with van der Waals surface area (Å²) >= 11 is 0. The minimum Gasteiger partial charge on any atom is -0.337 e. The number of alkyl halides is 3. The van der Waals surface area contributed by atoms with Crippen LogP contribution in [-0.4, -0.2) is 60.7 Å². The zero-order valence-corrected chi connectivity index (χ0v) is 22.0. The van der Waals surface area contributed by atoms with Crippen LogP contribution in [0, 0.1) is 11.3 Å². The third-order valence-corrected chi connectivity index (χ3v) is 7.28. The van der Waals surface area contributed by atoms with E-state index >= 15 is 0 Å². The van der Waals surface area contributed by atoms with Crippen molar-refractivity contribution in [1.82, 2.24) is 15.1 Å². The molecule has 2 heterocycles. The number of hydrogen-bond donors (Lipinski definition) is 1. The Morgan fingerprint density at radius 2 is 1.87 bits per heavy atom. The molecule has 0 aliphatic carbocycles. The van der Waals surface area contributed by atoms with E-state index in [4.69, 9.17) is 0 Å². The third kappa shape index (κ3) is 5.12. The van der Waals surface area contributed by atoms with Crippen LogP contribution in [0.3, 0.4) is 0 Å². The Hall–Kier alpha value is -4.17. The van der Waals surface area contributed by atoms with E-state index in [9.17, 15) is 32.8 Å². The Kier molecular flexibility index (Phi) is 7.52. The number of ketones is 1. The molecule has 4 rings (SSSR count). The molecule has 3 amide bonds. The fourth-order valence-corrected chi connectivity index (χ4v) is 5.26. The van der Waals surface area contributed by atoms with Gasteiger partial charge in [-0.2, -0.15) is 18.4 Å². The standard InChI is InChI=1S/C28H28F3N5O3/c1-16-24(17(2)37)25(34(4)27(39)36(16)21-7-5-6-19(13-21)28(29,30)31)22-9-8-18(14-32)12-23(22)26(38)35-11-10-20(15-35)33-3/h5-9,12-13,20,25,33H,10-11,15H2,1-4H3/t20-,25?/m0/s1. The van der Waals surface area contributed by atoms with Crippen molar-refractivity contribution in [3.05, 3.63) is 76.0 Å². The molecular formula is C28H28F3N5O3. The molecule has 0 aromatic heterocycles.